The topological polar surface area (TPSA) is 76.2 Å². The van der Waals surface area contributed by atoms with E-state index in [1.807, 2.05) is 16.8 Å². The number of aromatic nitrogens is 2. The van der Waals surface area contributed by atoms with Gasteiger partial charge < -0.3 is 9.63 Å². The molecule has 5 nitrogen and oxygen atoms in total. The van der Waals surface area contributed by atoms with Crippen molar-refractivity contribution in [2.45, 2.75) is 0 Å². The number of nitrogens with zero attached hydrogens (tertiary/aromatic N) is 2. The molecule has 1 aromatic carbocycles. The standard InChI is InChI=1S/C15H9ClN2O3S/c16-12(7-9-1-3-10(4-2-9)15(19)20)14-17-13(18-21-14)11-5-6-22-8-11/h1-8H,(H,19,20)/b12-7-. The number of aromatic carboxylic acids is 1. The van der Waals surface area contributed by atoms with Gasteiger partial charge in [-0.25, -0.2) is 4.79 Å². The molecule has 2 aromatic heterocycles. The Balaban J connectivity index is 1.84. The Morgan fingerprint density at radius 1 is 1.27 bits per heavy atom. The predicted molar refractivity (Wildman–Crippen MR) is 84.7 cm³/mol. The molecule has 3 aromatic rings. The fourth-order valence-electron chi connectivity index (χ4n) is 1.76. The van der Waals surface area contributed by atoms with E-state index in [2.05, 4.69) is 10.1 Å². The number of carboxylic acid groups (broad SMARTS) is 1. The van der Waals surface area contributed by atoms with Gasteiger partial charge in [0.05, 0.1) is 5.56 Å². The zero-order valence-electron chi connectivity index (χ0n) is 11.1. The van der Waals surface area contributed by atoms with Gasteiger partial charge in [-0.3, -0.25) is 0 Å². The minimum atomic E-state index is -0.973. The van der Waals surface area contributed by atoms with E-state index in [9.17, 15) is 4.79 Å². The summed E-state index contributed by atoms with van der Waals surface area (Å²) in [4.78, 5) is 15.0. The summed E-state index contributed by atoms with van der Waals surface area (Å²) in [5.41, 5.74) is 1.83. The zero-order chi connectivity index (χ0) is 15.5. The summed E-state index contributed by atoms with van der Waals surface area (Å²) < 4.78 is 5.13. The monoisotopic (exact) mass is 332 g/mol. The number of carboxylic acids is 1. The molecule has 110 valence electrons. The van der Waals surface area contributed by atoms with E-state index in [0.717, 1.165) is 11.1 Å². The number of thiophene rings is 1. The molecule has 0 aliphatic heterocycles. The molecule has 0 atom stereocenters. The van der Waals surface area contributed by atoms with E-state index in [1.165, 1.54) is 12.1 Å². The Morgan fingerprint density at radius 2 is 2.05 bits per heavy atom. The maximum absolute atomic E-state index is 10.8. The Bertz CT molecular complexity index is 823. The summed E-state index contributed by atoms with van der Waals surface area (Å²) in [6.07, 6.45) is 1.64. The van der Waals surface area contributed by atoms with Crippen LogP contribution in [0.3, 0.4) is 0 Å². The van der Waals surface area contributed by atoms with Crippen molar-refractivity contribution in [3.63, 3.8) is 0 Å². The summed E-state index contributed by atoms with van der Waals surface area (Å²) in [6, 6.07) is 8.21. The highest BCUT2D eigenvalue weighted by Gasteiger charge is 2.11. The summed E-state index contributed by atoms with van der Waals surface area (Å²) in [7, 11) is 0. The minimum Gasteiger partial charge on any atom is -0.478 e. The number of hydrogen-bond acceptors (Lipinski definition) is 5. The highest BCUT2D eigenvalue weighted by Crippen LogP contribution is 2.25. The van der Waals surface area contributed by atoms with E-state index in [4.69, 9.17) is 21.2 Å². The molecule has 0 amide bonds. The molecule has 0 spiro atoms. The van der Waals surface area contributed by atoms with Gasteiger partial charge in [0.1, 0.15) is 5.03 Å². The van der Waals surface area contributed by atoms with Crippen molar-refractivity contribution in [3.8, 4) is 11.4 Å². The molecule has 0 unspecified atom stereocenters. The van der Waals surface area contributed by atoms with Gasteiger partial charge in [-0.1, -0.05) is 28.9 Å². The Morgan fingerprint density at radius 3 is 2.68 bits per heavy atom. The van der Waals surface area contributed by atoms with E-state index >= 15 is 0 Å². The fourth-order valence-corrected chi connectivity index (χ4v) is 2.60. The molecule has 0 radical (unpaired) electrons. The third-order valence-electron chi connectivity index (χ3n) is 2.86. The largest absolute Gasteiger partial charge is 0.478 e. The van der Waals surface area contributed by atoms with Crippen LogP contribution in [0.1, 0.15) is 21.8 Å². The van der Waals surface area contributed by atoms with Crippen LogP contribution in [0.4, 0.5) is 0 Å². The number of halogens is 1. The second-order valence-corrected chi connectivity index (χ2v) is 5.54. The van der Waals surface area contributed by atoms with Crippen molar-refractivity contribution in [1.82, 2.24) is 10.1 Å². The summed E-state index contributed by atoms with van der Waals surface area (Å²) >= 11 is 7.71. The fraction of sp³-hybridized carbons (Fsp3) is 0. The highest BCUT2D eigenvalue weighted by molar-refractivity contribution is 7.08. The molecular weight excluding hydrogens is 324 g/mol. The third kappa shape index (κ3) is 3.08. The molecule has 0 aliphatic carbocycles. The quantitative estimate of drug-likeness (QED) is 0.773. The van der Waals surface area contributed by atoms with Crippen molar-refractivity contribution in [2.24, 2.45) is 0 Å². The first kappa shape index (κ1) is 14.5. The Labute approximate surface area is 134 Å². The van der Waals surface area contributed by atoms with E-state index < -0.39 is 5.97 Å². The first-order valence-electron chi connectivity index (χ1n) is 6.21. The van der Waals surface area contributed by atoms with Gasteiger partial charge in [0, 0.05) is 10.9 Å². The molecule has 22 heavy (non-hydrogen) atoms. The van der Waals surface area contributed by atoms with Gasteiger partial charge in [-0.2, -0.15) is 16.3 Å². The van der Waals surface area contributed by atoms with E-state index in [0.29, 0.717) is 5.82 Å². The second kappa shape index (κ2) is 6.13. The molecule has 1 N–H and O–H groups in total. The maximum atomic E-state index is 10.8. The lowest BCUT2D eigenvalue weighted by atomic mass is 10.1. The van der Waals surface area contributed by atoms with Gasteiger partial charge in [-0.15, -0.1) is 0 Å². The predicted octanol–water partition coefficient (Wildman–Crippen LogP) is 4.23. The van der Waals surface area contributed by atoms with Crippen LogP contribution in [0.2, 0.25) is 0 Å². The highest BCUT2D eigenvalue weighted by atomic mass is 35.5. The van der Waals surface area contributed by atoms with Crippen molar-refractivity contribution >= 4 is 40.0 Å². The van der Waals surface area contributed by atoms with Crippen LogP contribution in [-0.4, -0.2) is 21.2 Å². The SMILES string of the molecule is O=C(O)c1ccc(/C=C(\Cl)c2nc(-c3ccsc3)no2)cc1. The van der Waals surface area contributed by atoms with Crippen molar-refractivity contribution in [3.05, 3.63) is 58.1 Å². The van der Waals surface area contributed by atoms with Gasteiger partial charge in [0.25, 0.3) is 5.89 Å². The lowest BCUT2D eigenvalue weighted by Gasteiger charge is -1.96. The van der Waals surface area contributed by atoms with Gasteiger partial charge in [-0.05, 0) is 35.2 Å². The summed E-state index contributed by atoms with van der Waals surface area (Å²) in [5.74, 6) is -0.284. The lowest BCUT2D eigenvalue weighted by molar-refractivity contribution is 0.0697. The Kier molecular flexibility index (Phi) is 4.04. The first-order chi connectivity index (χ1) is 10.6. The van der Waals surface area contributed by atoms with Crippen LogP contribution in [0.5, 0.6) is 0 Å². The number of carbonyl (C=O) groups is 1. The normalized spacial score (nSPS) is 11.6. The minimum absolute atomic E-state index is 0.213. The zero-order valence-corrected chi connectivity index (χ0v) is 12.6. The smallest absolute Gasteiger partial charge is 0.335 e. The van der Waals surface area contributed by atoms with Gasteiger partial charge in [0.15, 0.2) is 0 Å². The molecule has 7 heteroatoms. The average Bonchev–Trinajstić information content (AvgIpc) is 3.19. The number of hydrogen-bond donors (Lipinski definition) is 1. The van der Waals surface area contributed by atoms with E-state index in [-0.39, 0.29) is 16.5 Å². The molecule has 0 aliphatic rings. The first-order valence-corrected chi connectivity index (χ1v) is 7.53. The number of rotatable bonds is 4. The van der Waals surface area contributed by atoms with Gasteiger partial charge in [0.2, 0.25) is 5.82 Å². The summed E-state index contributed by atoms with van der Waals surface area (Å²) in [5, 5.41) is 16.9. The van der Waals surface area contributed by atoms with Crippen LogP contribution in [0.15, 0.2) is 45.6 Å². The van der Waals surface area contributed by atoms with Gasteiger partial charge >= 0.3 is 5.97 Å². The average molecular weight is 333 g/mol. The molecule has 0 saturated carbocycles. The van der Waals surface area contributed by atoms with E-state index in [1.54, 1.807) is 29.5 Å². The van der Waals surface area contributed by atoms with Crippen molar-refractivity contribution < 1.29 is 14.4 Å². The second-order valence-electron chi connectivity index (χ2n) is 4.35. The molecule has 3 rings (SSSR count). The van der Waals surface area contributed by atoms with Crippen molar-refractivity contribution in [2.75, 3.05) is 0 Å². The van der Waals surface area contributed by atoms with Crippen LogP contribution < -0.4 is 0 Å². The van der Waals surface area contributed by atoms with Crippen molar-refractivity contribution in [1.29, 1.82) is 0 Å². The number of benzene rings is 1. The van der Waals surface area contributed by atoms with Crippen LogP contribution in [0.25, 0.3) is 22.5 Å². The molecular formula is C15H9ClN2O3S. The summed E-state index contributed by atoms with van der Waals surface area (Å²) in [6.45, 7) is 0. The maximum Gasteiger partial charge on any atom is 0.335 e. The molecule has 0 saturated heterocycles. The molecule has 2 heterocycles. The lowest BCUT2D eigenvalue weighted by Crippen LogP contribution is -1.94. The van der Waals surface area contributed by atoms with Crippen LogP contribution >= 0.6 is 22.9 Å². The molecule has 0 bridgehead atoms. The van der Waals surface area contributed by atoms with Crippen LogP contribution in [0, 0.1) is 0 Å². The van der Waals surface area contributed by atoms with Crippen LogP contribution in [-0.2, 0) is 0 Å². The third-order valence-corrected chi connectivity index (χ3v) is 3.81. The molecule has 0 fully saturated rings. The Hall–Kier alpha value is -2.44.